The van der Waals surface area contributed by atoms with Crippen LogP contribution in [0, 0.1) is 0 Å². The average Bonchev–Trinajstić information content (AvgIpc) is 2.72. The van der Waals surface area contributed by atoms with Gasteiger partial charge >= 0.3 is 0 Å². The number of ether oxygens (including phenoxy) is 2. The van der Waals surface area contributed by atoms with Crippen molar-refractivity contribution in [1.29, 1.82) is 0 Å². The van der Waals surface area contributed by atoms with Crippen LogP contribution < -0.4 is 20.1 Å². The van der Waals surface area contributed by atoms with Gasteiger partial charge in [-0.25, -0.2) is 17.7 Å². The molecular weight excluding hydrogens is 392 g/mol. The average molecular weight is 421 g/mol. The molecule has 0 amide bonds. The lowest BCUT2D eigenvalue weighted by molar-refractivity contribution is 0.355. The minimum Gasteiger partial charge on any atom is -0.493 e. The summed E-state index contributed by atoms with van der Waals surface area (Å²) in [6.07, 6.45) is 0. The number of benzene rings is 2. The zero-order valence-electron chi connectivity index (χ0n) is 17.4. The number of anilines is 1. The maximum atomic E-state index is 12.6. The van der Waals surface area contributed by atoms with Crippen LogP contribution in [0.15, 0.2) is 52.4 Å². The van der Waals surface area contributed by atoms with Gasteiger partial charge in [-0.15, -0.1) is 0 Å². The fourth-order valence-electron chi connectivity index (χ4n) is 2.60. The third-order valence-electron chi connectivity index (χ3n) is 4.13. The summed E-state index contributed by atoms with van der Waals surface area (Å²) in [5, 5.41) is 6.36. The number of rotatable bonds is 8. The maximum absolute atomic E-state index is 12.6. The SMILES string of the molecule is CCNC(=NCc1ccccc1S(=O)(=O)N(C)C)Nc1ccc(OC)c(OC)c1. The van der Waals surface area contributed by atoms with Crippen molar-refractivity contribution in [2.24, 2.45) is 4.99 Å². The summed E-state index contributed by atoms with van der Waals surface area (Å²) in [5.74, 6) is 1.75. The highest BCUT2D eigenvalue weighted by Gasteiger charge is 2.20. The van der Waals surface area contributed by atoms with Crippen molar-refractivity contribution in [3.8, 4) is 11.5 Å². The van der Waals surface area contributed by atoms with Crippen LogP contribution in [0.1, 0.15) is 12.5 Å². The van der Waals surface area contributed by atoms with Crippen LogP contribution in [0.5, 0.6) is 11.5 Å². The van der Waals surface area contributed by atoms with Crippen molar-refractivity contribution in [2.75, 3.05) is 40.2 Å². The van der Waals surface area contributed by atoms with Gasteiger partial charge in [-0.05, 0) is 30.7 Å². The first-order valence-electron chi connectivity index (χ1n) is 9.11. The highest BCUT2D eigenvalue weighted by Crippen LogP contribution is 2.29. The van der Waals surface area contributed by atoms with Gasteiger partial charge in [0.05, 0.1) is 25.7 Å². The van der Waals surface area contributed by atoms with E-state index in [2.05, 4.69) is 15.6 Å². The number of sulfonamides is 1. The minimum absolute atomic E-state index is 0.200. The number of guanidine groups is 1. The lowest BCUT2D eigenvalue weighted by Gasteiger charge is -2.16. The molecule has 0 aliphatic carbocycles. The van der Waals surface area contributed by atoms with Crippen molar-refractivity contribution in [1.82, 2.24) is 9.62 Å². The Balaban J connectivity index is 2.29. The summed E-state index contributed by atoms with van der Waals surface area (Å²) in [6, 6.07) is 12.3. The molecular formula is C20H28N4O4S. The van der Waals surface area contributed by atoms with Crippen molar-refractivity contribution in [2.45, 2.75) is 18.4 Å². The molecule has 0 atom stereocenters. The summed E-state index contributed by atoms with van der Waals surface area (Å²) >= 11 is 0. The molecule has 2 aromatic rings. The third-order valence-corrected chi connectivity index (χ3v) is 6.04. The second-order valence-corrected chi connectivity index (χ2v) is 8.41. The van der Waals surface area contributed by atoms with Crippen LogP contribution in [-0.2, 0) is 16.6 Å². The number of nitrogens with one attached hydrogen (secondary N) is 2. The van der Waals surface area contributed by atoms with Crippen LogP contribution in [0.4, 0.5) is 5.69 Å². The second-order valence-electron chi connectivity index (χ2n) is 6.29. The monoisotopic (exact) mass is 420 g/mol. The number of hydrogen-bond donors (Lipinski definition) is 2. The molecule has 29 heavy (non-hydrogen) atoms. The van der Waals surface area contributed by atoms with Gasteiger partial charge in [0.15, 0.2) is 17.5 Å². The van der Waals surface area contributed by atoms with Crippen LogP contribution in [-0.4, -0.2) is 53.5 Å². The van der Waals surface area contributed by atoms with Gasteiger partial charge in [0.2, 0.25) is 10.0 Å². The first kappa shape index (κ1) is 22.5. The van der Waals surface area contributed by atoms with Crippen molar-refractivity contribution in [3.05, 3.63) is 48.0 Å². The van der Waals surface area contributed by atoms with Crippen LogP contribution in [0.25, 0.3) is 0 Å². The van der Waals surface area contributed by atoms with Crippen LogP contribution in [0.3, 0.4) is 0 Å². The van der Waals surface area contributed by atoms with E-state index in [1.165, 1.54) is 18.4 Å². The van der Waals surface area contributed by atoms with Crippen LogP contribution >= 0.6 is 0 Å². The van der Waals surface area contributed by atoms with E-state index in [9.17, 15) is 8.42 Å². The van der Waals surface area contributed by atoms with Gasteiger partial charge in [-0.3, -0.25) is 0 Å². The fraction of sp³-hybridized carbons (Fsp3) is 0.350. The molecule has 0 fully saturated rings. The van der Waals surface area contributed by atoms with Gasteiger partial charge in [-0.2, -0.15) is 0 Å². The minimum atomic E-state index is -3.55. The van der Waals surface area contributed by atoms with Crippen LogP contribution in [0.2, 0.25) is 0 Å². The molecule has 158 valence electrons. The molecule has 0 unspecified atom stereocenters. The fourth-order valence-corrected chi connectivity index (χ4v) is 3.71. The number of nitrogens with zero attached hydrogens (tertiary/aromatic N) is 2. The Morgan fingerprint density at radius 3 is 2.38 bits per heavy atom. The van der Waals surface area contributed by atoms with Gasteiger partial charge in [-0.1, -0.05) is 18.2 Å². The van der Waals surface area contributed by atoms with E-state index in [1.54, 1.807) is 50.6 Å². The predicted molar refractivity (Wildman–Crippen MR) is 115 cm³/mol. The lowest BCUT2D eigenvalue weighted by atomic mass is 10.2. The standard InChI is InChI=1S/C20H28N4O4S/c1-6-21-20(23-16-11-12-17(27-4)18(13-16)28-5)22-14-15-9-7-8-10-19(15)29(25,26)24(2)3/h7-13H,6,14H2,1-5H3,(H2,21,22,23). The molecule has 2 N–H and O–H groups in total. The van der Waals surface area contributed by atoms with E-state index < -0.39 is 10.0 Å². The molecule has 0 spiro atoms. The van der Waals surface area contributed by atoms with E-state index in [0.717, 1.165) is 5.69 Å². The van der Waals surface area contributed by atoms with Crippen molar-refractivity contribution >= 4 is 21.7 Å². The largest absolute Gasteiger partial charge is 0.493 e. The van der Waals surface area contributed by atoms with E-state index in [4.69, 9.17) is 9.47 Å². The van der Waals surface area contributed by atoms with Crippen molar-refractivity contribution < 1.29 is 17.9 Å². The zero-order chi connectivity index (χ0) is 21.4. The summed E-state index contributed by atoms with van der Waals surface area (Å²) in [4.78, 5) is 4.80. The third kappa shape index (κ3) is 5.61. The molecule has 0 heterocycles. The number of aliphatic imine (C=N–C) groups is 1. The second kappa shape index (κ2) is 10.1. The molecule has 2 aromatic carbocycles. The van der Waals surface area contributed by atoms with Gasteiger partial charge in [0.1, 0.15) is 0 Å². The van der Waals surface area contributed by atoms with Gasteiger partial charge < -0.3 is 20.1 Å². The molecule has 2 rings (SSSR count). The lowest BCUT2D eigenvalue weighted by Crippen LogP contribution is -2.30. The molecule has 8 nitrogen and oxygen atoms in total. The van der Waals surface area contributed by atoms with Gasteiger partial charge in [0, 0.05) is 32.4 Å². The molecule has 0 aromatic heterocycles. The molecule has 0 saturated heterocycles. The Morgan fingerprint density at radius 1 is 1.07 bits per heavy atom. The number of hydrogen-bond acceptors (Lipinski definition) is 5. The zero-order valence-corrected chi connectivity index (χ0v) is 18.2. The molecule has 0 saturated carbocycles. The Hall–Kier alpha value is -2.78. The van der Waals surface area contributed by atoms with Gasteiger partial charge in [0.25, 0.3) is 0 Å². The summed E-state index contributed by atoms with van der Waals surface area (Å²) in [6.45, 7) is 2.80. The smallest absolute Gasteiger partial charge is 0.242 e. The molecule has 0 bridgehead atoms. The summed E-state index contributed by atoms with van der Waals surface area (Å²) in [5.41, 5.74) is 1.38. The van der Waals surface area contributed by atoms with E-state index in [-0.39, 0.29) is 11.4 Å². The first-order chi connectivity index (χ1) is 13.8. The molecule has 0 aliphatic heterocycles. The molecule has 0 radical (unpaired) electrons. The van der Waals surface area contributed by atoms with E-state index in [1.807, 2.05) is 13.0 Å². The Morgan fingerprint density at radius 2 is 1.76 bits per heavy atom. The Kier molecular flexibility index (Phi) is 7.86. The highest BCUT2D eigenvalue weighted by molar-refractivity contribution is 7.89. The summed E-state index contributed by atoms with van der Waals surface area (Å²) in [7, 11) is 2.62. The molecule has 9 heteroatoms. The van der Waals surface area contributed by atoms with E-state index in [0.29, 0.717) is 29.6 Å². The first-order valence-corrected chi connectivity index (χ1v) is 10.5. The van der Waals surface area contributed by atoms with Crippen molar-refractivity contribution in [3.63, 3.8) is 0 Å². The summed E-state index contributed by atoms with van der Waals surface area (Å²) < 4.78 is 36.9. The maximum Gasteiger partial charge on any atom is 0.242 e. The topological polar surface area (TPSA) is 92.3 Å². The Labute approximate surface area is 172 Å². The molecule has 0 aliphatic rings. The van der Waals surface area contributed by atoms with E-state index >= 15 is 0 Å². The highest BCUT2D eigenvalue weighted by atomic mass is 32.2. The number of methoxy groups -OCH3 is 2. The quantitative estimate of drug-likeness (QED) is 0.504. The predicted octanol–water partition coefficient (Wildman–Crippen LogP) is 2.53. The Bertz CT molecular complexity index is 959. The normalized spacial score (nSPS) is 12.0.